The highest BCUT2D eigenvalue weighted by atomic mass is 32.3. The first-order valence-corrected chi connectivity index (χ1v) is 21.0. The molecule has 1 saturated heterocycles. The first-order valence-electron chi connectivity index (χ1n) is 17.1. The minimum atomic E-state index is -0.205. The summed E-state index contributed by atoms with van der Waals surface area (Å²) in [4.78, 5) is 4.80. The van der Waals surface area contributed by atoms with Gasteiger partial charge >= 0.3 is 0 Å². The van der Waals surface area contributed by atoms with Crippen LogP contribution in [0.25, 0.3) is 0 Å². The zero-order valence-electron chi connectivity index (χ0n) is 30.4. The molecule has 1 fully saturated rings. The summed E-state index contributed by atoms with van der Waals surface area (Å²) < 4.78 is 5.19. The van der Waals surface area contributed by atoms with E-state index in [0.29, 0.717) is 5.92 Å². The molecule has 1 aromatic heterocycles. The molecular formula is C37H63N7S2. The van der Waals surface area contributed by atoms with Crippen LogP contribution in [0.2, 0.25) is 0 Å². The maximum Gasteiger partial charge on any atom is 0.173 e. The van der Waals surface area contributed by atoms with Crippen LogP contribution in [0.4, 0.5) is 0 Å². The Hall–Kier alpha value is -2.61. The minimum Gasteiger partial charge on any atom is -0.357 e. The third kappa shape index (κ3) is 14.0. The minimum absolute atomic E-state index is 0.0248. The normalized spacial score (nSPS) is 23.7. The monoisotopic (exact) mass is 669 g/mol. The van der Waals surface area contributed by atoms with E-state index < -0.39 is 0 Å². The summed E-state index contributed by atoms with van der Waals surface area (Å²) in [5.41, 5.74) is 5.43. The van der Waals surface area contributed by atoms with Crippen LogP contribution in [0.1, 0.15) is 91.7 Å². The number of rotatable bonds is 5. The lowest BCUT2D eigenvalue weighted by atomic mass is 9.93. The maximum absolute atomic E-state index is 5.07. The van der Waals surface area contributed by atoms with Crippen LogP contribution < -0.4 is 10.0 Å². The zero-order valence-corrected chi connectivity index (χ0v) is 32.0. The van der Waals surface area contributed by atoms with Gasteiger partial charge in [-0.2, -0.15) is 10.2 Å². The Kier molecular flexibility index (Phi) is 17.1. The molecule has 0 aliphatic carbocycles. The van der Waals surface area contributed by atoms with Crippen LogP contribution in [-0.2, 0) is 0 Å². The Bertz CT molecular complexity index is 1260. The highest BCUT2D eigenvalue weighted by molar-refractivity contribution is 8.32. The Morgan fingerprint density at radius 2 is 1.89 bits per heavy atom. The molecule has 2 unspecified atom stereocenters. The fourth-order valence-corrected chi connectivity index (χ4v) is 7.38. The molecule has 4 bridgehead atoms. The van der Waals surface area contributed by atoms with Gasteiger partial charge in [0.2, 0.25) is 0 Å². The highest BCUT2D eigenvalue weighted by Gasteiger charge is 2.37. The number of unbranched alkanes of at least 4 members (excludes halogenated alkanes) is 3. The lowest BCUT2D eigenvalue weighted by Crippen LogP contribution is -2.36. The lowest BCUT2D eigenvalue weighted by Gasteiger charge is -2.29. The molecular weight excluding hydrogens is 607 g/mol. The van der Waals surface area contributed by atoms with E-state index in [-0.39, 0.29) is 20.9 Å². The van der Waals surface area contributed by atoms with Crippen LogP contribution in [0.5, 0.6) is 0 Å². The SMILES string of the molecule is C=C=C1NSC2CC=CC(=NCCCC3CN(/N=C(n4ccc(C)n4)\C=C/C1=C)C(C)(C)C3)N2.CC.CCCCCCS(C)(C)C. The van der Waals surface area contributed by atoms with Gasteiger partial charge in [0.1, 0.15) is 5.84 Å². The van der Waals surface area contributed by atoms with E-state index in [1.54, 1.807) is 11.9 Å². The van der Waals surface area contributed by atoms with Gasteiger partial charge in [0.15, 0.2) is 5.84 Å². The molecule has 3 aliphatic rings. The number of nitrogens with one attached hydrogen (secondary N) is 2. The molecule has 258 valence electrons. The number of aromatic nitrogens is 2. The molecule has 2 atom stereocenters. The van der Waals surface area contributed by atoms with E-state index in [2.05, 4.69) is 90.7 Å². The molecule has 0 amide bonds. The Labute approximate surface area is 287 Å². The van der Waals surface area contributed by atoms with E-state index in [1.165, 1.54) is 31.4 Å². The number of hydrazone groups is 1. The zero-order chi connectivity index (χ0) is 34.2. The second kappa shape index (κ2) is 19.9. The number of aryl methyl sites for hydroxylation is 1. The number of nitrogens with zero attached hydrogens (tertiary/aromatic N) is 5. The van der Waals surface area contributed by atoms with Crippen LogP contribution in [0, 0.1) is 12.8 Å². The van der Waals surface area contributed by atoms with E-state index in [4.69, 9.17) is 10.1 Å². The maximum atomic E-state index is 5.07. The Balaban J connectivity index is 0.000000526. The first-order chi connectivity index (χ1) is 21.9. The van der Waals surface area contributed by atoms with Crippen molar-refractivity contribution in [1.29, 1.82) is 0 Å². The average Bonchev–Trinajstić information content (AvgIpc) is 3.57. The van der Waals surface area contributed by atoms with Crippen molar-refractivity contribution in [3.05, 3.63) is 72.4 Å². The smallest absolute Gasteiger partial charge is 0.173 e. The van der Waals surface area contributed by atoms with Gasteiger partial charge in [-0.3, -0.25) is 10.0 Å². The molecule has 4 heterocycles. The van der Waals surface area contributed by atoms with Crippen LogP contribution in [0.15, 0.2) is 76.8 Å². The third-order valence-corrected chi connectivity index (χ3v) is 10.4. The molecule has 4 rings (SSSR count). The second-order valence-corrected chi connectivity index (χ2v) is 19.1. The number of aliphatic imine (C=N–C) groups is 1. The van der Waals surface area contributed by atoms with E-state index in [1.807, 2.05) is 49.9 Å². The van der Waals surface area contributed by atoms with Gasteiger partial charge in [0, 0.05) is 19.3 Å². The van der Waals surface area contributed by atoms with Gasteiger partial charge in [0.05, 0.1) is 22.3 Å². The van der Waals surface area contributed by atoms with Crippen LogP contribution in [0.3, 0.4) is 0 Å². The molecule has 9 heteroatoms. The number of allylic oxidation sites excluding steroid dienone is 2. The standard InChI is InChI=1S/C26H35N7S.C9H22S.C2H6/c1-6-22-19(2)12-13-24(32-16-14-20(3)29-32)30-33-18-21(17-26(33,4)5)9-8-15-27-23-10-7-11-25(28-23)34-31-22;1-5-6-7-8-9-10(2,3)4;1-2/h7,10,12-14,16,21,25,31H,1-2,8-9,11,15,17-18H2,3-5H3,(H,27,28);5-9H2,1-4H3;1-2H3/b13-12-,30-24+;;. The van der Waals surface area contributed by atoms with Gasteiger partial charge in [0.25, 0.3) is 0 Å². The third-order valence-electron chi connectivity index (χ3n) is 7.93. The summed E-state index contributed by atoms with van der Waals surface area (Å²) in [5, 5.41) is 15.6. The van der Waals surface area contributed by atoms with Crippen molar-refractivity contribution in [3.63, 3.8) is 0 Å². The van der Waals surface area contributed by atoms with E-state index >= 15 is 0 Å². The summed E-state index contributed by atoms with van der Waals surface area (Å²) in [6.45, 7) is 22.6. The van der Waals surface area contributed by atoms with Crippen LogP contribution >= 0.6 is 22.0 Å². The fourth-order valence-electron chi connectivity index (χ4n) is 5.46. The molecule has 0 aromatic carbocycles. The van der Waals surface area contributed by atoms with Crippen molar-refractivity contribution in [2.75, 3.05) is 37.6 Å². The van der Waals surface area contributed by atoms with Crippen molar-refractivity contribution in [2.24, 2.45) is 16.0 Å². The summed E-state index contributed by atoms with van der Waals surface area (Å²) in [6, 6.07) is 1.99. The highest BCUT2D eigenvalue weighted by Crippen LogP contribution is 2.36. The predicted octanol–water partition coefficient (Wildman–Crippen LogP) is 8.83. The number of hydrogen-bond acceptors (Lipinski definition) is 7. The summed E-state index contributed by atoms with van der Waals surface area (Å²) in [7, 11) is -0.205. The summed E-state index contributed by atoms with van der Waals surface area (Å²) in [5.74, 6) is 3.77. The average molecular weight is 670 g/mol. The van der Waals surface area contributed by atoms with E-state index in [9.17, 15) is 0 Å². The first kappa shape index (κ1) is 39.6. The lowest BCUT2D eigenvalue weighted by molar-refractivity contribution is 0.182. The quantitative estimate of drug-likeness (QED) is 0.186. The van der Waals surface area contributed by atoms with Gasteiger partial charge in [-0.25, -0.2) is 14.7 Å². The molecule has 46 heavy (non-hydrogen) atoms. The van der Waals surface area contributed by atoms with Crippen molar-refractivity contribution in [3.8, 4) is 0 Å². The largest absolute Gasteiger partial charge is 0.357 e. The molecule has 0 saturated carbocycles. The van der Waals surface area contributed by atoms with E-state index in [0.717, 1.165) is 67.4 Å². The van der Waals surface area contributed by atoms with Gasteiger partial charge in [-0.15, -0.1) is 5.73 Å². The Morgan fingerprint density at radius 1 is 1.13 bits per heavy atom. The summed E-state index contributed by atoms with van der Waals surface area (Å²) >= 11 is 1.58. The molecule has 1 aromatic rings. The topological polar surface area (TPSA) is 69.8 Å². The molecule has 3 aliphatic heterocycles. The van der Waals surface area contributed by atoms with Gasteiger partial charge in [-0.1, -0.05) is 59.3 Å². The van der Waals surface area contributed by atoms with Crippen molar-refractivity contribution >= 4 is 33.6 Å². The second-order valence-electron chi connectivity index (χ2n) is 13.5. The Morgan fingerprint density at radius 3 is 2.54 bits per heavy atom. The van der Waals surface area contributed by atoms with Crippen molar-refractivity contribution in [1.82, 2.24) is 24.8 Å². The van der Waals surface area contributed by atoms with Crippen molar-refractivity contribution < 1.29 is 0 Å². The number of fused-ring (bicyclic) bond motifs is 4. The molecule has 0 radical (unpaired) electrons. The van der Waals surface area contributed by atoms with Gasteiger partial charge < -0.3 is 10.0 Å². The van der Waals surface area contributed by atoms with Crippen LogP contribution in [-0.4, -0.2) is 75.0 Å². The molecule has 7 nitrogen and oxygen atoms in total. The number of amidine groups is 1. The molecule has 2 N–H and O–H groups in total. The molecule has 0 spiro atoms. The number of hydrogen-bond donors (Lipinski definition) is 2. The predicted molar refractivity (Wildman–Crippen MR) is 208 cm³/mol. The van der Waals surface area contributed by atoms with Gasteiger partial charge in [-0.05, 0) is 125 Å². The van der Waals surface area contributed by atoms with Crippen molar-refractivity contribution in [2.45, 2.75) is 104 Å². The fraction of sp³-hybridized carbons (Fsp3) is 0.622. The summed E-state index contributed by atoms with van der Waals surface area (Å²) in [6.07, 6.45) is 27.2.